The van der Waals surface area contributed by atoms with E-state index in [0.29, 0.717) is 6.04 Å². The van der Waals surface area contributed by atoms with Crippen LogP contribution in [0.25, 0.3) is 0 Å². The van der Waals surface area contributed by atoms with Gasteiger partial charge in [-0.2, -0.15) is 0 Å². The third kappa shape index (κ3) is 4.28. The number of aliphatic carboxylic acids is 1. The number of nitrogens with zero attached hydrogens (tertiary/aromatic N) is 1. The fourth-order valence-corrected chi connectivity index (χ4v) is 2.76. The fourth-order valence-electron chi connectivity index (χ4n) is 2.76. The highest BCUT2D eigenvalue weighted by Gasteiger charge is 2.31. The Kier molecular flexibility index (Phi) is 6.52. The first-order chi connectivity index (χ1) is 8.20. The van der Waals surface area contributed by atoms with Crippen molar-refractivity contribution >= 4 is 5.97 Å². The number of carbonyl (C=O) groups is 1. The van der Waals surface area contributed by atoms with Gasteiger partial charge in [-0.15, -0.1) is 0 Å². The fraction of sp³-hybridized carbons (Fsp3) is 0.923. The van der Waals surface area contributed by atoms with Crippen molar-refractivity contribution < 1.29 is 9.90 Å². The zero-order valence-corrected chi connectivity index (χ0v) is 11.1. The van der Waals surface area contributed by atoms with Gasteiger partial charge in [0.05, 0.1) is 0 Å². The molecule has 1 heterocycles. The molecule has 17 heavy (non-hydrogen) atoms. The molecule has 0 amide bonds. The number of hydrogen-bond acceptors (Lipinski definition) is 3. The Morgan fingerprint density at radius 1 is 1.53 bits per heavy atom. The van der Waals surface area contributed by atoms with E-state index in [1.54, 1.807) is 0 Å². The van der Waals surface area contributed by atoms with E-state index in [0.717, 1.165) is 45.2 Å². The van der Waals surface area contributed by atoms with Gasteiger partial charge in [0.25, 0.3) is 0 Å². The molecule has 2 atom stereocenters. The Labute approximate surface area is 104 Å². The molecule has 0 aliphatic carbocycles. The van der Waals surface area contributed by atoms with Crippen LogP contribution in [0.15, 0.2) is 0 Å². The van der Waals surface area contributed by atoms with Crippen LogP contribution in [-0.4, -0.2) is 48.2 Å². The van der Waals surface area contributed by atoms with Crippen LogP contribution in [0.4, 0.5) is 0 Å². The minimum atomic E-state index is -0.650. The predicted molar refractivity (Wildman–Crippen MR) is 69.2 cm³/mol. The topological polar surface area (TPSA) is 52.6 Å². The summed E-state index contributed by atoms with van der Waals surface area (Å²) >= 11 is 0. The molecular formula is C13H26N2O2. The smallest absolute Gasteiger partial charge is 0.320 e. The highest BCUT2D eigenvalue weighted by Crippen LogP contribution is 2.23. The lowest BCUT2D eigenvalue weighted by molar-refractivity contribution is -0.145. The van der Waals surface area contributed by atoms with Crippen molar-refractivity contribution in [2.24, 2.45) is 0 Å². The van der Waals surface area contributed by atoms with E-state index in [9.17, 15) is 9.90 Å². The first kappa shape index (κ1) is 14.5. The van der Waals surface area contributed by atoms with E-state index in [1.807, 2.05) is 7.05 Å². The maximum atomic E-state index is 11.4. The second-order valence-corrected chi connectivity index (χ2v) is 4.92. The normalized spacial score (nSPS) is 23.5. The largest absolute Gasteiger partial charge is 0.480 e. The maximum Gasteiger partial charge on any atom is 0.320 e. The first-order valence-corrected chi connectivity index (χ1v) is 6.83. The summed E-state index contributed by atoms with van der Waals surface area (Å²) in [6, 6.07) is 0.172. The maximum absolute atomic E-state index is 11.4. The van der Waals surface area contributed by atoms with Crippen molar-refractivity contribution in [1.29, 1.82) is 0 Å². The highest BCUT2D eigenvalue weighted by molar-refractivity contribution is 5.73. The average Bonchev–Trinajstić information content (AvgIpc) is 2.33. The Hall–Kier alpha value is -0.610. The monoisotopic (exact) mass is 242 g/mol. The zero-order chi connectivity index (χ0) is 12.7. The molecule has 1 aliphatic rings. The summed E-state index contributed by atoms with van der Waals surface area (Å²) < 4.78 is 0. The molecule has 0 aromatic carbocycles. The molecule has 1 aliphatic heterocycles. The van der Waals surface area contributed by atoms with Crippen LogP contribution in [0.2, 0.25) is 0 Å². The second kappa shape index (κ2) is 7.67. The number of piperidine rings is 1. The minimum Gasteiger partial charge on any atom is -0.480 e. The molecule has 1 fully saturated rings. The molecule has 0 aromatic heterocycles. The second-order valence-electron chi connectivity index (χ2n) is 4.92. The third-order valence-electron chi connectivity index (χ3n) is 3.65. The molecule has 0 spiro atoms. The summed E-state index contributed by atoms with van der Waals surface area (Å²) in [4.78, 5) is 13.6. The summed E-state index contributed by atoms with van der Waals surface area (Å²) in [6.07, 6.45) is 6.30. The Bertz CT molecular complexity index is 233. The van der Waals surface area contributed by atoms with Crippen LogP contribution in [0.3, 0.4) is 0 Å². The SMILES string of the molecule is CCCC(C(=O)O)N1CCCCC1CCNC. The van der Waals surface area contributed by atoms with Gasteiger partial charge in [-0.05, 0) is 45.8 Å². The van der Waals surface area contributed by atoms with E-state index < -0.39 is 5.97 Å². The Morgan fingerprint density at radius 2 is 2.29 bits per heavy atom. The number of hydrogen-bond donors (Lipinski definition) is 2. The van der Waals surface area contributed by atoms with Gasteiger partial charge < -0.3 is 10.4 Å². The van der Waals surface area contributed by atoms with Crippen LogP contribution in [-0.2, 0) is 4.79 Å². The Balaban J connectivity index is 2.63. The number of rotatable bonds is 7. The van der Waals surface area contributed by atoms with Crippen molar-refractivity contribution in [3.63, 3.8) is 0 Å². The highest BCUT2D eigenvalue weighted by atomic mass is 16.4. The van der Waals surface area contributed by atoms with Crippen LogP contribution in [0.5, 0.6) is 0 Å². The van der Waals surface area contributed by atoms with Crippen molar-refractivity contribution in [2.75, 3.05) is 20.1 Å². The van der Waals surface area contributed by atoms with Gasteiger partial charge in [-0.1, -0.05) is 19.8 Å². The van der Waals surface area contributed by atoms with Crippen molar-refractivity contribution in [1.82, 2.24) is 10.2 Å². The van der Waals surface area contributed by atoms with E-state index in [1.165, 1.54) is 6.42 Å². The van der Waals surface area contributed by atoms with Gasteiger partial charge in [-0.3, -0.25) is 9.69 Å². The number of carboxylic acids is 1. The van der Waals surface area contributed by atoms with Crippen LogP contribution in [0.1, 0.15) is 45.4 Å². The lowest BCUT2D eigenvalue weighted by Crippen LogP contribution is -2.50. The summed E-state index contributed by atoms with van der Waals surface area (Å²) in [7, 11) is 1.95. The van der Waals surface area contributed by atoms with E-state index >= 15 is 0 Å². The van der Waals surface area contributed by atoms with E-state index in [2.05, 4.69) is 17.1 Å². The molecule has 1 saturated heterocycles. The summed E-state index contributed by atoms with van der Waals surface area (Å²) in [5.74, 6) is -0.650. The summed E-state index contributed by atoms with van der Waals surface area (Å²) in [5, 5.41) is 12.5. The van der Waals surface area contributed by atoms with Crippen LogP contribution < -0.4 is 5.32 Å². The van der Waals surface area contributed by atoms with Crippen LogP contribution >= 0.6 is 0 Å². The molecule has 4 heteroatoms. The number of carboxylic acid groups (broad SMARTS) is 1. The minimum absolute atomic E-state index is 0.276. The lowest BCUT2D eigenvalue weighted by atomic mass is 9.95. The molecule has 1 rings (SSSR count). The van der Waals surface area contributed by atoms with E-state index in [4.69, 9.17) is 0 Å². The molecule has 0 radical (unpaired) electrons. The quantitative estimate of drug-likeness (QED) is 0.713. The molecule has 0 bridgehead atoms. The molecule has 4 nitrogen and oxygen atoms in total. The van der Waals surface area contributed by atoms with Crippen molar-refractivity contribution in [3.05, 3.63) is 0 Å². The Morgan fingerprint density at radius 3 is 2.88 bits per heavy atom. The van der Waals surface area contributed by atoms with Gasteiger partial charge in [0.1, 0.15) is 6.04 Å². The van der Waals surface area contributed by atoms with Gasteiger partial charge >= 0.3 is 5.97 Å². The molecule has 2 N–H and O–H groups in total. The van der Waals surface area contributed by atoms with Gasteiger partial charge in [-0.25, -0.2) is 0 Å². The van der Waals surface area contributed by atoms with E-state index in [-0.39, 0.29) is 6.04 Å². The van der Waals surface area contributed by atoms with Gasteiger partial charge in [0.15, 0.2) is 0 Å². The lowest BCUT2D eigenvalue weighted by Gasteiger charge is -2.39. The van der Waals surface area contributed by atoms with Gasteiger partial charge in [0, 0.05) is 6.04 Å². The van der Waals surface area contributed by atoms with Crippen LogP contribution in [0, 0.1) is 0 Å². The summed E-state index contributed by atoms with van der Waals surface area (Å²) in [6.45, 7) is 3.98. The molecule has 2 unspecified atom stereocenters. The standard InChI is InChI=1S/C13H26N2O2/c1-3-6-12(13(16)17)15-10-5-4-7-11(15)8-9-14-2/h11-12,14H,3-10H2,1-2H3,(H,16,17). The average molecular weight is 242 g/mol. The summed E-state index contributed by atoms with van der Waals surface area (Å²) in [5.41, 5.74) is 0. The van der Waals surface area contributed by atoms with Crippen molar-refractivity contribution in [3.8, 4) is 0 Å². The number of likely N-dealkylation sites (tertiary alicyclic amines) is 1. The number of nitrogens with one attached hydrogen (secondary N) is 1. The molecule has 0 aromatic rings. The first-order valence-electron chi connectivity index (χ1n) is 6.83. The zero-order valence-electron chi connectivity index (χ0n) is 11.1. The molecule has 0 saturated carbocycles. The van der Waals surface area contributed by atoms with Gasteiger partial charge in [0.2, 0.25) is 0 Å². The molecular weight excluding hydrogens is 216 g/mol. The predicted octanol–water partition coefficient (Wildman–Crippen LogP) is 1.70. The third-order valence-corrected chi connectivity index (χ3v) is 3.65. The molecule has 100 valence electrons. The van der Waals surface area contributed by atoms with Crippen molar-refractivity contribution in [2.45, 2.75) is 57.5 Å².